The van der Waals surface area contributed by atoms with Gasteiger partial charge in [-0.2, -0.15) is 18.3 Å². The number of fused-ring (bicyclic) bond motifs is 1. The molecule has 1 N–H and O–H groups in total. The molecule has 1 atom stereocenters. The predicted molar refractivity (Wildman–Crippen MR) is 135 cm³/mol. The van der Waals surface area contributed by atoms with Crippen LogP contribution in [0.2, 0.25) is 0 Å². The molecule has 1 saturated heterocycles. The topological polar surface area (TPSA) is 96.8 Å². The average Bonchev–Trinajstić information content (AvgIpc) is 3.17. The lowest BCUT2D eigenvalue weighted by Gasteiger charge is -2.35. The zero-order chi connectivity index (χ0) is 27.8. The molecule has 1 amide bonds. The zero-order valence-electron chi connectivity index (χ0n) is 21.8. The largest absolute Gasteiger partial charge is 0.496 e. The molecule has 0 radical (unpaired) electrons. The molecule has 0 bridgehead atoms. The second-order valence-corrected chi connectivity index (χ2v) is 9.87. The Labute approximate surface area is 217 Å². The normalized spacial score (nSPS) is 15.6. The number of piperidine rings is 1. The van der Waals surface area contributed by atoms with E-state index in [9.17, 15) is 27.6 Å². The molecule has 204 valence electrons. The van der Waals surface area contributed by atoms with Crippen molar-refractivity contribution in [3.63, 3.8) is 0 Å². The number of rotatable bonds is 7. The fraction of sp³-hybridized carbons (Fsp3) is 0.481. The Kier molecular flexibility index (Phi) is 7.66. The first-order valence-corrected chi connectivity index (χ1v) is 12.6. The van der Waals surface area contributed by atoms with Crippen LogP contribution in [0, 0.1) is 19.8 Å². The van der Waals surface area contributed by atoms with Gasteiger partial charge in [-0.15, -0.1) is 0 Å². The number of H-pyrrole nitrogens is 1. The maximum atomic E-state index is 13.5. The number of nitrogens with zero attached hydrogens (tertiary/aromatic N) is 3. The number of Topliss-reactive ketones (excluding diaryl/α,β-unsaturated/α-hetero) is 1. The summed E-state index contributed by atoms with van der Waals surface area (Å²) in [7, 11) is 1.48. The molecule has 1 fully saturated rings. The number of nitrogens with one attached hydrogen (secondary N) is 1. The van der Waals surface area contributed by atoms with Crippen molar-refractivity contribution in [2.75, 3.05) is 20.2 Å². The molecular weight excluding hydrogens is 501 g/mol. The minimum Gasteiger partial charge on any atom is -0.496 e. The van der Waals surface area contributed by atoms with Gasteiger partial charge in [-0.25, -0.2) is 4.52 Å². The second-order valence-electron chi connectivity index (χ2n) is 9.87. The van der Waals surface area contributed by atoms with Crippen molar-refractivity contribution >= 4 is 17.2 Å². The monoisotopic (exact) mass is 532 g/mol. The lowest BCUT2D eigenvalue weighted by Crippen LogP contribution is -2.45. The first-order valence-electron chi connectivity index (χ1n) is 12.6. The summed E-state index contributed by atoms with van der Waals surface area (Å²) >= 11 is 0. The van der Waals surface area contributed by atoms with Crippen molar-refractivity contribution in [2.24, 2.45) is 5.92 Å². The highest BCUT2D eigenvalue weighted by Gasteiger charge is 2.44. The Morgan fingerprint density at radius 2 is 1.92 bits per heavy atom. The Hall–Kier alpha value is -3.63. The van der Waals surface area contributed by atoms with Gasteiger partial charge in [0.2, 0.25) is 0 Å². The minimum absolute atomic E-state index is 0.0180. The van der Waals surface area contributed by atoms with E-state index in [-0.39, 0.29) is 49.1 Å². The molecule has 0 aliphatic carbocycles. The van der Waals surface area contributed by atoms with Crippen molar-refractivity contribution < 1.29 is 27.5 Å². The lowest BCUT2D eigenvalue weighted by atomic mass is 9.82. The van der Waals surface area contributed by atoms with Gasteiger partial charge in [-0.3, -0.25) is 14.4 Å². The highest BCUT2D eigenvalue weighted by Crippen LogP contribution is 2.38. The minimum atomic E-state index is -4.88. The van der Waals surface area contributed by atoms with Gasteiger partial charge in [0, 0.05) is 48.6 Å². The quantitative estimate of drug-likeness (QED) is 0.456. The maximum absolute atomic E-state index is 13.5. The molecule has 1 aliphatic heterocycles. The standard InChI is InChI=1S/C27H31F3N4O4/c1-15-14-22(38-4)19(25(36)32-15)7-8-21(35)23-17(3)24(34-20(23)6-5-11-31-34)16(2)18-9-12-33(13-10-18)26(37)27(28,29)30/h5-6,11,14,16,18H,7-10,12-13H2,1-4H3,(H,32,36). The number of aryl methyl sites for hydroxylation is 1. The van der Waals surface area contributed by atoms with Gasteiger partial charge in [-0.1, -0.05) is 6.92 Å². The van der Waals surface area contributed by atoms with Crippen LogP contribution in [0.4, 0.5) is 13.2 Å². The van der Waals surface area contributed by atoms with E-state index >= 15 is 0 Å². The number of hydrogen-bond acceptors (Lipinski definition) is 5. The lowest BCUT2D eigenvalue weighted by molar-refractivity contribution is -0.186. The summed E-state index contributed by atoms with van der Waals surface area (Å²) in [6, 6.07) is 5.28. The van der Waals surface area contributed by atoms with Gasteiger partial charge in [0.05, 0.1) is 18.2 Å². The Morgan fingerprint density at radius 1 is 1.24 bits per heavy atom. The van der Waals surface area contributed by atoms with Gasteiger partial charge in [0.15, 0.2) is 5.78 Å². The SMILES string of the molecule is COc1cc(C)[nH]c(=O)c1CCC(=O)c1c(C)c(C(C)C2CCN(C(=O)C(F)(F)F)CC2)n2ncccc12. The summed E-state index contributed by atoms with van der Waals surface area (Å²) in [6.07, 6.45) is -2.13. The summed E-state index contributed by atoms with van der Waals surface area (Å²) in [5, 5.41) is 4.48. The number of halogens is 3. The van der Waals surface area contributed by atoms with Gasteiger partial charge < -0.3 is 14.6 Å². The van der Waals surface area contributed by atoms with Crippen LogP contribution in [0.3, 0.4) is 0 Å². The van der Waals surface area contributed by atoms with Gasteiger partial charge in [0.25, 0.3) is 5.56 Å². The average molecular weight is 533 g/mol. The van der Waals surface area contributed by atoms with Gasteiger partial charge in [0.1, 0.15) is 5.75 Å². The molecule has 0 saturated carbocycles. The molecular formula is C27H31F3N4O4. The molecule has 11 heteroatoms. The number of methoxy groups -OCH3 is 1. The fourth-order valence-electron chi connectivity index (χ4n) is 5.59. The van der Waals surface area contributed by atoms with Crippen LogP contribution in [-0.2, 0) is 11.2 Å². The van der Waals surface area contributed by atoms with E-state index < -0.39 is 12.1 Å². The summed E-state index contributed by atoms with van der Waals surface area (Å²) in [4.78, 5) is 41.2. The van der Waals surface area contributed by atoms with Crippen molar-refractivity contribution in [1.29, 1.82) is 0 Å². The number of likely N-dealkylation sites (tertiary alicyclic amines) is 1. The second kappa shape index (κ2) is 10.6. The van der Waals surface area contributed by atoms with Crippen LogP contribution in [0.25, 0.3) is 5.52 Å². The Bertz CT molecular complexity index is 1420. The van der Waals surface area contributed by atoms with Crippen LogP contribution >= 0.6 is 0 Å². The first kappa shape index (κ1) is 27.4. The predicted octanol–water partition coefficient (Wildman–Crippen LogP) is 4.37. The molecule has 38 heavy (non-hydrogen) atoms. The highest BCUT2D eigenvalue weighted by molar-refractivity contribution is 6.04. The number of ether oxygens (including phenoxy) is 1. The van der Waals surface area contributed by atoms with E-state index in [0.717, 1.165) is 16.2 Å². The van der Waals surface area contributed by atoms with Crippen LogP contribution in [0.5, 0.6) is 5.75 Å². The first-order chi connectivity index (χ1) is 17.9. The fourth-order valence-corrected chi connectivity index (χ4v) is 5.59. The zero-order valence-corrected chi connectivity index (χ0v) is 21.8. The molecule has 1 aliphatic rings. The van der Waals surface area contributed by atoms with E-state index in [0.29, 0.717) is 40.9 Å². The number of carbonyl (C=O) groups is 2. The van der Waals surface area contributed by atoms with E-state index in [1.54, 1.807) is 29.8 Å². The summed E-state index contributed by atoms with van der Waals surface area (Å²) in [6.45, 7) is 5.66. The summed E-state index contributed by atoms with van der Waals surface area (Å²) in [5.41, 5.74) is 3.53. The van der Waals surface area contributed by atoms with E-state index in [2.05, 4.69) is 10.1 Å². The van der Waals surface area contributed by atoms with Gasteiger partial charge >= 0.3 is 12.1 Å². The van der Waals surface area contributed by atoms with Crippen LogP contribution < -0.4 is 10.3 Å². The molecule has 0 aromatic carbocycles. The third-order valence-corrected chi connectivity index (χ3v) is 7.53. The molecule has 8 nitrogen and oxygen atoms in total. The molecule has 0 spiro atoms. The van der Waals surface area contributed by atoms with E-state index in [1.807, 2.05) is 19.9 Å². The number of carbonyl (C=O) groups excluding carboxylic acids is 2. The van der Waals surface area contributed by atoms with E-state index in [4.69, 9.17) is 4.74 Å². The van der Waals surface area contributed by atoms with Crippen LogP contribution in [0.1, 0.15) is 65.0 Å². The number of aromatic nitrogens is 3. The molecule has 1 unspecified atom stereocenters. The number of amides is 1. The molecule has 3 aromatic heterocycles. The number of alkyl halides is 3. The van der Waals surface area contributed by atoms with Crippen molar-refractivity contribution in [3.05, 3.63) is 62.8 Å². The maximum Gasteiger partial charge on any atom is 0.471 e. The Balaban J connectivity index is 1.58. The molecule has 4 heterocycles. The van der Waals surface area contributed by atoms with Crippen molar-refractivity contribution in [1.82, 2.24) is 19.5 Å². The number of aromatic amines is 1. The number of hydrogen-bond donors (Lipinski definition) is 1. The summed E-state index contributed by atoms with van der Waals surface area (Å²) in [5.74, 6) is -1.60. The third-order valence-electron chi connectivity index (χ3n) is 7.53. The third kappa shape index (κ3) is 5.19. The van der Waals surface area contributed by atoms with Crippen molar-refractivity contribution in [2.45, 2.75) is 58.5 Å². The Morgan fingerprint density at radius 3 is 2.55 bits per heavy atom. The number of pyridine rings is 1. The summed E-state index contributed by atoms with van der Waals surface area (Å²) < 4.78 is 45.6. The highest BCUT2D eigenvalue weighted by atomic mass is 19.4. The number of ketones is 1. The van der Waals surface area contributed by atoms with Crippen LogP contribution in [-0.4, -0.2) is 57.6 Å². The van der Waals surface area contributed by atoms with Gasteiger partial charge in [-0.05, 0) is 62.8 Å². The molecule has 4 rings (SSSR count). The van der Waals surface area contributed by atoms with Crippen molar-refractivity contribution in [3.8, 4) is 5.75 Å². The molecule has 3 aromatic rings. The smallest absolute Gasteiger partial charge is 0.471 e. The van der Waals surface area contributed by atoms with Crippen LogP contribution in [0.15, 0.2) is 29.2 Å². The van der Waals surface area contributed by atoms with E-state index in [1.165, 1.54) is 7.11 Å².